The van der Waals surface area contributed by atoms with Crippen molar-refractivity contribution >= 4 is 74.5 Å². The average Bonchev–Trinajstić information content (AvgIpc) is 3.53. The molecule has 0 N–H and O–H groups in total. The highest BCUT2D eigenvalue weighted by molar-refractivity contribution is 7.27. The molecule has 0 spiro atoms. The van der Waals surface area contributed by atoms with Crippen LogP contribution in [0.3, 0.4) is 0 Å². The quantitative estimate of drug-likeness (QED) is 0.245. The van der Waals surface area contributed by atoms with Crippen molar-refractivity contribution in [1.82, 2.24) is 0 Å². The van der Waals surface area contributed by atoms with E-state index in [-0.39, 0.29) is 0 Å². The van der Waals surface area contributed by atoms with Crippen LogP contribution >= 0.6 is 45.3 Å². The van der Waals surface area contributed by atoms with E-state index >= 15 is 0 Å². The number of unbranched alkanes of at least 4 members (excludes halogenated alkanes) is 2. The largest absolute Gasteiger partial charge is 0.374 e. The fourth-order valence-corrected chi connectivity index (χ4v) is 9.96. The van der Waals surface area contributed by atoms with E-state index < -0.39 is 0 Å². The second kappa shape index (κ2) is 8.16. The maximum atomic E-state index is 2.70. The minimum atomic E-state index is 0.319. The molecule has 4 aromatic heterocycles. The van der Waals surface area contributed by atoms with Gasteiger partial charge in [0.25, 0.3) is 0 Å². The molecule has 6 heteroatoms. The maximum Gasteiger partial charge on any atom is 0.331 e. The lowest BCUT2D eigenvalue weighted by molar-refractivity contribution is 0.804. The van der Waals surface area contributed by atoms with E-state index in [0.717, 1.165) is 0 Å². The zero-order valence-corrected chi connectivity index (χ0v) is 22.5. The number of hydrogen-bond donors (Lipinski definition) is 0. The topological polar surface area (TPSA) is 3.24 Å². The summed E-state index contributed by atoms with van der Waals surface area (Å²) in [6.45, 7) is 9.46. The van der Waals surface area contributed by atoms with Crippen LogP contribution in [0.25, 0.3) is 19.5 Å². The summed E-state index contributed by atoms with van der Waals surface area (Å²) < 4.78 is 0. The highest BCUT2D eigenvalue weighted by Gasteiger charge is 2.45. The summed E-state index contributed by atoms with van der Waals surface area (Å²) in [6.07, 6.45) is 7.49. The van der Waals surface area contributed by atoms with Crippen LogP contribution in [0.15, 0.2) is 24.3 Å². The molecular weight excluding hydrogens is 465 g/mol. The molecule has 0 radical (unpaired) electrons. The van der Waals surface area contributed by atoms with Gasteiger partial charge in [0.1, 0.15) is 0 Å². The van der Waals surface area contributed by atoms with Gasteiger partial charge < -0.3 is 4.81 Å². The number of anilines is 2. The molecule has 0 amide bonds. The van der Waals surface area contributed by atoms with E-state index in [0.29, 0.717) is 6.85 Å². The molecular formula is C26H28BNS4. The van der Waals surface area contributed by atoms with Gasteiger partial charge in [0, 0.05) is 40.6 Å². The van der Waals surface area contributed by atoms with Crippen LogP contribution in [0.5, 0.6) is 0 Å². The molecule has 6 rings (SSSR count). The summed E-state index contributed by atoms with van der Waals surface area (Å²) >= 11 is 8.08. The van der Waals surface area contributed by atoms with Gasteiger partial charge in [-0.25, -0.2) is 0 Å². The van der Waals surface area contributed by atoms with Crippen molar-refractivity contribution in [2.75, 3.05) is 4.81 Å². The SMILES string of the molecule is CCCCc1cc2c(s1)-c1sc(CCCC)cc1N1B2c2cc(C)sc2-c2sc(C)cc21. The van der Waals surface area contributed by atoms with Crippen molar-refractivity contribution < 1.29 is 0 Å². The minimum Gasteiger partial charge on any atom is -0.374 e. The monoisotopic (exact) mass is 493 g/mol. The highest BCUT2D eigenvalue weighted by atomic mass is 32.1. The lowest BCUT2D eigenvalue weighted by atomic mass is 9.46. The van der Waals surface area contributed by atoms with Crippen LogP contribution in [-0.2, 0) is 12.8 Å². The van der Waals surface area contributed by atoms with Crippen molar-refractivity contribution in [3.8, 4) is 19.5 Å². The van der Waals surface area contributed by atoms with Crippen molar-refractivity contribution in [3.05, 3.63) is 43.8 Å². The average molecular weight is 494 g/mol. The van der Waals surface area contributed by atoms with Crippen molar-refractivity contribution in [3.63, 3.8) is 0 Å². The van der Waals surface area contributed by atoms with E-state index in [2.05, 4.69) is 79.4 Å². The van der Waals surface area contributed by atoms with Crippen LogP contribution in [0.2, 0.25) is 0 Å². The number of rotatable bonds is 6. The van der Waals surface area contributed by atoms with Gasteiger partial charge >= 0.3 is 6.85 Å². The molecule has 0 atom stereocenters. The predicted octanol–water partition coefficient (Wildman–Crippen LogP) is 8.14. The third kappa shape index (κ3) is 3.21. The molecule has 0 aliphatic carbocycles. The first kappa shape index (κ1) is 21.2. The number of thiophene rings is 4. The molecule has 6 heterocycles. The summed E-state index contributed by atoms with van der Waals surface area (Å²) in [5, 5.41) is 0. The second-order valence-corrected chi connectivity index (χ2v) is 13.9. The van der Waals surface area contributed by atoms with Crippen LogP contribution in [-0.4, -0.2) is 6.85 Å². The van der Waals surface area contributed by atoms with Gasteiger partial charge in [-0.2, -0.15) is 0 Å². The molecule has 0 bridgehead atoms. The van der Waals surface area contributed by atoms with Gasteiger partial charge in [0.2, 0.25) is 0 Å². The summed E-state index contributed by atoms with van der Waals surface area (Å²) in [6, 6.07) is 9.99. The summed E-state index contributed by atoms with van der Waals surface area (Å²) in [5.41, 5.74) is 5.96. The Bertz CT molecular complexity index is 1200. The zero-order chi connectivity index (χ0) is 22.0. The Morgan fingerprint density at radius 2 is 1.19 bits per heavy atom. The molecule has 0 saturated carbocycles. The van der Waals surface area contributed by atoms with Gasteiger partial charge in [-0.1, -0.05) is 38.8 Å². The van der Waals surface area contributed by atoms with E-state index in [1.807, 2.05) is 22.7 Å². The summed E-state index contributed by atoms with van der Waals surface area (Å²) in [7, 11) is 0. The van der Waals surface area contributed by atoms with Crippen LogP contribution in [0.1, 0.15) is 59.0 Å². The Kier molecular flexibility index (Phi) is 5.41. The Morgan fingerprint density at radius 3 is 1.94 bits per heavy atom. The van der Waals surface area contributed by atoms with Crippen molar-refractivity contribution in [1.29, 1.82) is 0 Å². The summed E-state index contributed by atoms with van der Waals surface area (Å²) in [5.74, 6) is 0. The number of nitrogens with zero attached hydrogens (tertiary/aromatic N) is 1. The second-order valence-electron chi connectivity index (χ2n) is 9.12. The van der Waals surface area contributed by atoms with Crippen LogP contribution in [0.4, 0.5) is 11.4 Å². The van der Waals surface area contributed by atoms with Gasteiger partial charge in [0.05, 0.1) is 9.75 Å². The molecule has 0 aromatic carbocycles. The van der Waals surface area contributed by atoms with Crippen molar-refractivity contribution in [2.45, 2.75) is 66.2 Å². The molecule has 4 aromatic rings. The van der Waals surface area contributed by atoms with Gasteiger partial charge in [0.15, 0.2) is 0 Å². The van der Waals surface area contributed by atoms with Crippen LogP contribution in [0, 0.1) is 13.8 Å². The molecule has 164 valence electrons. The highest BCUT2D eigenvalue weighted by Crippen LogP contribution is 2.53. The third-order valence-corrected chi connectivity index (χ3v) is 11.5. The zero-order valence-electron chi connectivity index (χ0n) is 19.2. The lowest BCUT2D eigenvalue weighted by Crippen LogP contribution is -2.58. The Hall–Kier alpha value is -1.34. The van der Waals surface area contributed by atoms with E-state index in [1.165, 1.54) is 79.7 Å². The molecule has 1 nitrogen and oxygen atoms in total. The molecule has 0 fully saturated rings. The third-order valence-electron chi connectivity index (χ3n) is 6.63. The smallest absolute Gasteiger partial charge is 0.331 e. The first-order valence-electron chi connectivity index (χ1n) is 11.8. The first-order chi connectivity index (χ1) is 15.6. The molecule has 0 saturated heterocycles. The maximum absolute atomic E-state index is 2.70. The lowest BCUT2D eigenvalue weighted by Gasteiger charge is -2.38. The Balaban J connectivity index is 1.59. The molecule has 32 heavy (non-hydrogen) atoms. The van der Waals surface area contributed by atoms with E-state index in [9.17, 15) is 0 Å². The molecule has 2 aliphatic rings. The van der Waals surface area contributed by atoms with Gasteiger partial charge in [-0.15, -0.1) is 45.3 Å². The van der Waals surface area contributed by atoms with E-state index in [4.69, 9.17) is 0 Å². The number of hydrogen-bond acceptors (Lipinski definition) is 5. The van der Waals surface area contributed by atoms with E-state index in [1.54, 1.807) is 20.1 Å². The standard InChI is InChI=1S/C26H28BNS4/c1-5-7-9-17-13-20-24(31-17)26-22(14-18(32-26)10-8-6-2)28-21-12-16(4)30-25(21)23-19(27(20)28)11-15(3)29-23/h11-14H,5-10H2,1-4H3. The van der Waals surface area contributed by atoms with Crippen molar-refractivity contribution in [2.24, 2.45) is 0 Å². The molecule has 0 unspecified atom stereocenters. The fraction of sp³-hybridized carbons (Fsp3) is 0.385. The first-order valence-corrected chi connectivity index (χ1v) is 15.1. The summed E-state index contributed by atoms with van der Waals surface area (Å²) in [4.78, 5) is 14.7. The minimum absolute atomic E-state index is 0.319. The number of fused-ring (bicyclic) bond motifs is 11. The molecule has 2 aliphatic heterocycles. The Labute approximate surface area is 207 Å². The van der Waals surface area contributed by atoms with Gasteiger partial charge in [-0.05, 0) is 62.6 Å². The fourth-order valence-electron chi connectivity index (χ4n) is 5.17. The predicted molar refractivity (Wildman–Crippen MR) is 149 cm³/mol. The van der Waals surface area contributed by atoms with Gasteiger partial charge in [-0.3, -0.25) is 0 Å². The normalized spacial score (nSPS) is 13.6. The number of aryl methyl sites for hydroxylation is 4. The van der Waals surface area contributed by atoms with Crippen LogP contribution < -0.4 is 15.7 Å². The Morgan fingerprint density at radius 1 is 0.656 bits per heavy atom.